The minimum atomic E-state index is -0.739. The van der Waals surface area contributed by atoms with Crippen molar-refractivity contribution in [2.75, 3.05) is 13.7 Å². The second kappa shape index (κ2) is 12.0. The number of hydrogen-bond acceptors (Lipinski definition) is 5. The lowest BCUT2D eigenvalue weighted by Crippen LogP contribution is -2.28. The predicted octanol–water partition coefficient (Wildman–Crippen LogP) is 3.22. The van der Waals surface area contributed by atoms with Gasteiger partial charge in [-0.1, -0.05) is 60.7 Å². The van der Waals surface area contributed by atoms with Gasteiger partial charge in [0.25, 0.3) is 11.8 Å². The zero-order valence-corrected chi connectivity index (χ0v) is 17.7. The summed E-state index contributed by atoms with van der Waals surface area (Å²) < 4.78 is 10.8. The number of nitrogens with one attached hydrogen (secondary N) is 2. The van der Waals surface area contributed by atoms with Gasteiger partial charge in [-0.05, 0) is 41.0 Å². The molecule has 7 nitrogen and oxygen atoms in total. The molecule has 2 amide bonds. The lowest BCUT2D eigenvalue weighted by atomic mass is 10.1. The van der Waals surface area contributed by atoms with Gasteiger partial charge in [0.15, 0.2) is 12.7 Å². The summed E-state index contributed by atoms with van der Waals surface area (Å²) in [5.74, 6) is -0.00527. The Morgan fingerprint density at radius 2 is 1.59 bits per heavy atom. The summed E-state index contributed by atoms with van der Waals surface area (Å²) in [6.07, 6.45) is 0.781. The van der Waals surface area contributed by atoms with Gasteiger partial charge in [-0.3, -0.25) is 9.59 Å². The van der Waals surface area contributed by atoms with Gasteiger partial charge in [-0.2, -0.15) is 5.10 Å². The number of carbonyl (C=O) groups is 2. The summed E-state index contributed by atoms with van der Waals surface area (Å²) in [7, 11) is 1.47. The molecular weight excluding hydrogens is 406 g/mol. The van der Waals surface area contributed by atoms with Crippen molar-refractivity contribution < 1.29 is 19.1 Å². The average molecular weight is 431 g/mol. The maximum Gasteiger partial charge on any atom is 0.273 e. The number of hydrogen-bond donors (Lipinski definition) is 2. The summed E-state index contributed by atoms with van der Waals surface area (Å²) >= 11 is 0. The fourth-order valence-electron chi connectivity index (χ4n) is 2.90. The molecule has 3 rings (SSSR count). The lowest BCUT2D eigenvalue weighted by molar-refractivity contribution is -0.131. The van der Waals surface area contributed by atoms with E-state index >= 15 is 0 Å². The standard InChI is InChI=1S/C25H25N3O4/c1-31-24(21-10-6-3-7-11-21)25(30)28-27-17-20-12-14-22(15-13-20)32-18-23(29)26-16-19-8-4-2-5-9-19/h2-15,17,24H,16,18H2,1H3,(H,26,29)(H,28,30)/b27-17-/t24-/m0/s1. The first-order chi connectivity index (χ1) is 15.7. The molecule has 0 aliphatic rings. The molecule has 2 N–H and O–H groups in total. The molecule has 3 aromatic rings. The maximum absolute atomic E-state index is 12.3. The quantitative estimate of drug-likeness (QED) is 0.381. The largest absolute Gasteiger partial charge is 0.484 e. The van der Waals surface area contributed by atoms with Crippen molar-refractivity contribution >= 4 is 18.0 Å². The van der Waals surface area contributed by atoms with E-state index in [1.165, 1.54) is 13.3 Å². The molecule has 3 aromatic carbocycles. The number of methoxy groups -OCH3 is 1. The summed E-state index contributed by atoms with van der Waals surface area (Å²) in [5.41, 5.74) is 5.02. The van der Waals surface area contributed by atoms with Gasteiger partial charge >= 0.3 is 0 Å². The van der Waals surface area contributed by atoms with Crippen LogP contribution in [0, 0.1) is 0 Å². The number of amides is 2. The highest BCUT2D eigenvalue weighted by Crippen LogP contribution is 2.16. The number of hydrazone groups is 1. The normalized spacial score (nSPS) is 11.7. The molecule has 0 saturated heterocycles. The number of benzene rings is 3. The van der Waals surface area contributed by atoms with Crippen LogP contribution in [0.5, 0.6) is 5.75 Å². The van der Waals surface area contributed by atoms with Crippen molar-refractivity contribution in [1.82, 2.24) is 10.7 Å². The molecule has 0 heterocycles. The van der Waals surface area contributed by atoms with Crippen molar-refractivity contribution in [2.45, 2.75) is 12.6 Å². The third kappa shape index (κ3) is 7.07. The Balaban J connectivity index is 1.43. The van der Waals surface area contributed by atoms with Crippen LogP contribution < -0.4 is 15.5 Å². The third-order valence-electron chi connectivity index (χ3n) is 4.55. The van der Waals surface area contributed by atoms with E-state index in [1.807, 2.05) is 60.7 Å². The summed E-state index contributed by atoms with van der Waals surface area (Å²) in [4.78, 5) is 24.2. The van der Waals surface area contributed by atoms with Crippen molar-refractivity contribution in [3.63, 3.8) is 0 Å². The highest BCUT2D eigenvalue weighted by molar-refractivity contribution is 5.85. The topological polar surface area (TPSA) is 89.0 Å². The highest BCUT2D eigenvalue weighted by Gasteiger charge is 2.19. The van der Waals surface area contributed by atoms with Crippen LogP contribution in [-0.2, 0) is 20.9 Å². The Kier molecular flexibility index (Phi) is 8.53. The predicted molar refractivity (Wildman–Crippen MR) is 122 cm³/mol. The Hall–Kier alpha value is -3.97. The fourth-order valence-corrected chi connectivity index (χ4v) is 2.90. The first kappa shape index (κ1) is 22.7. The van der Waals surface area contributed by atoms with E-state index in [2.05, 4.69) is 15.8 Å². The van der Waals surface area contributed by atoms with E-state index in [4.69, 9.17) is 9.47 Å². The Morgan fingerprint density at radius 1 is 0.938 bits per heavy atom. The molecule has 0 aliphatic heterocycles. The van der Waals surface area contributed by atoms with Gasteiger partial charge in [-0.25, -0.2) is 5.43 Å². The number of ether oxygens (including phenoxy) is 2. The zero-order valence-electron chi connectivity index (χ0n) is 17.7. The number of carbonyl (C=O) groups excluding carboxylic acids is 2. The monoisotopic (exact) mass is 431 g/mol. The molecule has 164 valence electrons. The van der Waals surface area contributed by atoms with Gasteiger partial charge in [0.2, 0.25) is 0 Å². The fraction of sp³-hybridized carbons (Fsp3) is 0.160. The molecule has 1 atom stereocenters. The summed E-state index contributed by atoms with van der Waals surface area (Å²) in [6.45, 7) is 0.382. The van der Waals surface area contributed by atoms with Gasteiger partial charge in [0.05, 0.1) is 6.21 Å². The number of rotatable bonds is 10. The van der Waals surface area contributed by atoms with Crippen LogP contribution in [-0.4, -0.2) is 31.7 Å². The second-order valence-corrected chi connectivity index (χ2v) is 6.88. The molecule has 32 heavy (non-hydrogen) atoms. The first-order valence-corrected chi connectivity index (χ1v) is 10.1. The van der Waals surface area contributed by atoms with Crippen molar-refractivity contribution in [3.8, 4) is 5.75 Å². The van der Waals surface area contributed by atoms with E-state index in [9.17, 15) is 9.59 Å². The van der Waals surface area contributed by atoms with Gasteiger partial charge in [0, 0.05) is 13.7 Å². The third-order valence-corrected chi connectivity index (χ3v) is 4.55. The minimum Gasteiger partial charge on any atom is -0.484 e. The number of nitrogens with zero attached hydrogens (tertiary/aromatic N) is 1. The van der Waals surface area contributed by atoms with Crippen LogP contribution in [0.2, 0.25) is 0 Å². The molecule has 0 fully saturated rings. The van der Waals surface area contributed by atoms with E-state index in [1.54, 1.807) is 24.3 Å². The molecule has 7 heteroatoms. The van der Waals surface area contributed by atoms with Crippen LogP contribution in [0.4, 0.5) is 0 Å². The maximum atomic E-state index is 12.3. The molecule has 0 aromatic heterocycles. The van der Waals surface area contributed by atoms with Crippen LogP contribution in [0.25, 0.3) is 0 Å². The van der Waals surface area contributed by atoms with Gasteiger partial charge < -0.3 is 14.8 Å². The van der Waals surface area contributed by atoms with Crippen LogP contribution in [0.1, 0.15) is 22.8 Å². The molecule has 0 bridgehead atoms. The van der Waals surface area contributed by atoms with Crippen LogP contribution in [0.3, 0.4) is 0 Å². The molecule has 0 aliphatic carbocycles. The van der Waals surface area contributed by atoms with E-state index < -0.39 is 6.10 Å². The Bertz CT molecular complexity index is 1020. The lowest BCUT2D eigenvalue weighted by Gasteiger charge is -2.13. The van der Waals surface area contributed by atoms with Gasteiger partial charge in [-0.15, -0.1) is 0 Å². The molecule has 0 saturated carbocycles. The molecule has 0 unspecified atom stereocenters. The molecule has 0 spiro atoms. The second-order valence-electron chi connectivity index (χ2n) is 6.88. The first-order valence-electron chi connectivity index (χ1n) is 10.1. The van der Waals surface area contributed by atoms with Gasteiger partial charge in [0.1, 0.15) is 5.75 Å². The van der Waals surface area contributed by atoms with Crippen molar-refractivity contribution in [2.24, 2.45) is 5.10 Å². The SMILES string of the molecule is CO[C@H](C(=O)N/N=C\c1ccc(OCC(=O)NCc2ccccc2)cc1)c1ccccc1. The Labute approximate surface area is 187 Å². The average Bonchev–Trinajstić information content (AvgIpc) is 2.84. The van der Waals surface area contributed by atoms with E-state index in [0.717, 1.165) is 16.7 Å². The van der Waals surface area contributed by atoms with Crippen molar-refractivity contribution in [3.05, 3.63) is 102 Å². The van der Waals surface area contributed by atoms with Crippen LogP contribution >= 0.6 is 0 Å². The van der Waals surface area contributed by atoms with Crippen LogP contribution in [0.15, 0.2) is 90.0 Å². The zero-order chi connectivity index (χ0) is 22.6. The molecule has 0 radical (unpaired) electrons. The Morgan fingerprint density at radius 3 is 2.25 bits per heavy atom. The van der Waals surface area contributed by atoms with E-state index in [0.29, 0.717) is 12.3 Å². The summed E-state index contributed by atoms with van der Waals surface area (Å²) in [5, 5.41) is 6.79. The smallest absolute Gasteiger partial charge is 0.273 e. The molecular formula is C25H25N3O4. The summed E-state index contributed by atoms with van der Waals surface area (Å²) in [6, 6.07) is 25.9. The van der Waals surface area contributed by atoms with Crippen molar-refractivity contribution in [1.29, 1.82) is 0 Å². The highest BCUT2D eigenvalue weighted by atomic mass is 16.5. The van der Waals surface area contributed by atoms with E-state index in [-0.39, 0.29) is 18.4 Å². The minimum absolute atomic E-state index is 0.0752.